The molecule has 1 aromatic heterocycles. The van der Waals surface area contributed by atoms with Gasteiger partial charge in [0.2, 0.25) is 0 Å². The fraction of sp³-hybridized carbons (Fsp3) is 0.429. The van der Waals surface area contributed by atoms with E-state index in [1.807, 2.05) is 6.07 Å². The van der Waals surface area contributed by atoms with Crippen LogP contribution in [0.3, 0.4) is 0 Å². The normalized spacial score (nSPS) is 11.6. The van der Waals surface area contributed by atoms with E-state index in [2.05, 4.69) is 43.7 Å². The molecule has 1 heterocycles. The van der Waals surface area contributed by atoms with Gasteiger partial charge in [0.25, 0.3) is 5.56 Å². The zero-order valence-corrected chi connectivity index (χ0v) is 10.7. The van der Waals surface area contributed by atoms with Crippen LogP contribution in [0.2, 0.25) is 0 Å². The van der Waals surface area contributed by atoms with Crippen molar-refractivity contribution in [2.24, 2.45) is 0 Å². The maximum Gasteiger partial charge on any atom is 0.258 e. The Morgan fingerprint density at radius 1 is 1.12 bits per heavy atom. The molecule has 0 bridgehead atoms. The number of nitrogens with zero attached hydrogens (tertiary/aromatic N) is 1. The Hall–Kier alpha value is -1.64. The van der Waals surface area contributed by atoms with E-state index in [1.54, 1.807) is 0 Å². The van der Waals surface area contributed by atoms with Gasteiger partial charge in [0, 0.05) is 0 Å². The van der Waals surface area contributed by atoms with E-state index in [0.717, 1.165) is 11.1 Å². The highest BCUT2D eigenvalue weighted by atomic mass is 16.1. The van der Waals surface area contributed by atoms with Crippen LogP contribution >= 0.6 is 0 Å². The van der Waals surface area contributed by atoms with Gasteiger partial charge >= 0.3 is 0 Å². The number of rotatable bonds is 2. The highest BCUT2D eigenvalue weighted by Crippen LogP contribution is 2.26. The van der Waals surface area contributed by atoms with Gasteiger partial charge in [-0.15, -0.1) is 0 Å². The number of benzene rings is 1. The van der Waals surface area contributed by atoms with Crippen LogP contribution in [0.1, 0.15) is 50.7 Å². The number of hydrogen-bond acceptors (Lipinski definition) is 2. The Labute approximate surface area is 101 Å². The molecule has 0 radical (unpaired) electrons. The Morgan fingerprint density at radius 2 is 1.82 bits per heavy atom. The van der Waals surface area contributed by atoms with Gasteiger partial charge in [-0.05, 0) is 29.0 Å². The molecule has 0 saturated heterocycles. The first-order chi connectivity index (χ1) is 8.00. The minimum absolute atomic E-state index is 0.0561. The third kappa shape index (κ3) is 2.09. The lowest BCUT2D eigenvalue weighted by atomic mass is 9.93. The van der Waals surface area contributed by atoms with E-state index in [1.165, 1.54) is 11.9 Å². The third-order valence-electron chi connectivity index (χ3n) is 3.08. The van der Waals surface area contributed by atoms with Crippen LogP contribution in [-0.2, 0) is 0 Å². The molecule has 0 aliphatic heterocycles. The van der Waals surface area contributed by atoms with Crippen LogP contribution in [0.15, 0.2) is 23.3 Å². The monoisotopic (exact) mass is 230 g/mol. The van der Waals surface area contributed by atoms with E-state index in [9.17, 15) is 4.79 Å². The zero-order chi connectivity index (χ0) is 12.6. The maximum absolute atomic E-state index is 11.8. The molecule has 0 amide bonds. The molecule has 2 aromatic rings. The van der Waals surface area contributed by atoms with Crippen molar-refractivity contribution in [3.8, 4) is 0 Å². The molecular formula is C14H18N2O. The molecule has 2 rings (SSSR count). The topological polar surface area (TPSA) is 45.8 Å². The number of aromatic amines is 1. The van der Waals surface area contributed by atoms with Gasteiger partial charge in [0.1, 0.15) is 0 Å². The van der Waals surface area contributed by atoms with Crippen LogP contribution in [0.5, 0.6) is 0 Å². The lowest BCUT2D eigenvalue weighted by Gasteiger charge is -2.13. The summed E-state index contributed by atoms with van der Waals surface area (Å²) in [5.41, 5.74) is 3.12. The van der Waals surface area contributed by atoms with Crippen molar-refractivity contribution >= 4 is 10.9 Å². The van der Waals surface area contributed by atoms with Crippen molar-refractivity contribution in [1.82, 2.24) is 9.97 Å². The predicted molar refractivity (Wildman–Crippen MR) is 70.5 cm³/mol. The summed E-state index contributed by atoms with van der Waals surface area (Å²) in [5.74, 6) is 0.780. The molecule has 0 aliphatic carbocycles. The largest absolute Gasteiger partial charge is 0.313 e. The lowest BCUT2D eigenvalue weighted by molar-refractivity contribution is 0.838. The highest BCUT2D eigenvalue weighted by Gasteiger charge is 2.12. The summed E-state index contributed by atoms with van der Waals surface area (Å²) in [6.07, 6.45) is 1.48. The third-order valence-corrected chi connectivity index (χ3v) is 3.08. The first-order valence-corrected chi connectivity index (χ1v) is 6.02. The molecule has 0 saturated carbocycles. The van der Waals surface area contributed by atoms with Crippen LogP contribution in [0, 0.1) is 0 Å². The van der Waals surface area contributed by atoms with Crippen molar-refractivity contribution in [3.63, 3.8) is 0 Å². The smallest absolute Gasteiger partial charge is 0.258 e. The molecule has 0 fully saturated rings. The van der Waals surface area contributed by atoms with Crippen molar-refractivity contribution in [2.75, 3.05) is 0 Å². The van der Waals surface area contributed by atoms with E-state index < -0.39 is 0 Å². The maximum atomic E-state index is 11.8. The van der Waals surface area contributed by atoms with Crippen molar-refractivity contribution in [2.45, 2.75) is 39.5 Å². The van der Waals surface area contributed by atoms with E-state index in [4.69, 9.17) is 0 Å². The molecule has 1 aromatic carbocycles. The van der Waals surface area contributed by atoms with E-state index in [0.29, 0.717) is 17.2 Å². The molecule has 1 N–H and O–H groups in total. The summed E-state index contributed by atoms with van der Waals surface area (Å²) in [6.45, 7) is 8.52. The van der Waals surface area contributed by atoms with Crippen molar-refractivity contribution < 1.29 is 0 Å². The van der Waals surface area contributed by atoms with E-state index >= 15 is 0 Å². The molecule has 0 unspecified atom stereocenters. The van der Waals surface area contributed by atoms with Crippen LogP contribution in [0.25, 0.3) is 10.9 Å². The quantitative estimate of drug-likeness (QED) is 0.861. The fourth-order valence-electron chi connectivity index (χ4n) is 2.00. The molecule has 90 valence electrons. The molecule has 3 heteroatoms. The van der Waals surface area contributed by atoms with Crippen LogP contribution in [-0.4, -0.2) is 9.97 Å². The molecule has 3 nitrogen and oxygen atoms in total. The van der Waals surface area contributed by atoms with Gasteiger partial charge in [-0.1, -0.05) is 33.8 Å². The molecular weight excluding hydrogens is 212 g/mol. The SMILES string of the molecule is CC(C)c1cc(C(C)C)c2nc[nH]c(=O)c2c1. The lowest BCUT2D eigenvalue weighted by Crippen LogP contribution is -2.09. The van der Waals surface area contributed by atoms with Crippen LogP contribution in [0.4, 0.5) is 0 Å². The summed E-state index contributed by atoms with van der Waals surface area (Å²) in [6, 6.07) is 4.13. The van der Waals surface area contributed by atoms with Gasteiger partial charge in [-0.3, -0.25) is 4.79 Å². The average molecular weight is 230 g/mol. The van der Waals surface area contributed by atoms with E-state index in [-0.39, 0.29) is 5.56 Å². The van der Waals surface area contributed by atoms with Crippen molar-refractivity contribution in [3.05, 3.63) is 39.9 Å². The average Bonchev–Trinajstić information content (AvgIpc) is 2.28. The first kappa shape index (κ1) is 11.8. The second kappa shape index (κ2) is 4.32. The van der Waals surface area contributed by atoms with Crippen LogP contribution < -0.4 is 5.56 Å². The standard InChI is InChI=1S/C14H18N2O/c1-8(2)10-5-11(9(3)4)13-12(6-10)14(17)16-7-15-13/h5-9H,1-4H3,(H,15,16,17). The molecule has 0 aliphatic rings. The summed E-state index contributed by atoms with van der Waals surface area (Å²) in [4.78, 5) is 18.8. The number of H-pyrrole nitrogens is 1. The number of fused-ring (bicyclic) bond motifs is 1. The van der Waals surface area contributed by atoms with Gasteiger partial charge < -0.3 is 4.98 Å². The fourth-order valence-corrected chi connectivity index (χ4v) is 2.00. The predicted octanol–water partition coefficient (Wildman–Crippen LogP) is 3.17. The summed E-state index contributed by atoms with van der Waals surface area (Å²) >= 11 is 0. The first-order valence-electron chi connectivity index (χ1n) is 6.02. The zero-order valence-electron chi connectivity index (χ0n) is 10.7. The van der Waals surface area contributed by atoms with Gasteiger partial charge in [-0.2, -0.15) is 0 Å². The Kier molecular flexibility index (Phi) is 3.01. The number of nitrogens with one attached hydrogen (secondary N) is 1. The summed E-state index contributed by atoms with van der Waals surface area (Å²) in [5, 5.41) is 0.697. The number of hydrogen-bond donors (Lipinski definition) is 1. The Balaban J connectivity index is 2.86. The summed E-state index contributed by atoms with van der Waals surface area (Å²) < 4.78 is 0. The Bertz CT molecular complexity index is 597. The Morgan fingerprint density at radius 3 is 2.41 bits per heavy atom. The number of aromatic nitrogens is 2. The molecule has 0 spiro atoms. The second-order valence-electron chi connectivity index (χ2n) is 5.05. The highest BCUT2D eigenvalue weighted by molar-refractivity contribution is 5.82. The minimum atomic E-state index is -0.0561. The van der Waals surface area contributed by atoms with Gasteiger partial charge in [0.15, 0.2) is 0 Å². The molecule has 0 atom stereocenters. The summed E-state index contributed by atoms with van der Waals surface area (Å²) in [7, 11) is 0. The minimum Gasteiger partial charge on any atom is -0.313 e. The second-order valence-corrected chi connectivity index (χ2v) is 5.05. The van der Waals surface area contributed by atoms with Crippen molar-refractivity contribution in [1.29, 1.82) is 0 Å². The van der Waals surface area contributed by atoms with Gasteiger partial charge in [0.05, 0.1) is 17.2 Å². The molecule has 17 heavy (non-hydrogen) atoms. The van der Waals surface area contributed by atoms with Gasteiger partial charge in [-0.25, -0.2) is 4.98 Å².